The van der Waals surface area contributed by atoms with E-state index in [4.69, 9.17) is 5.73 Å². The van der Waals surface area contributed by atoms with E-state index in [1.807, 2.05) is 0 Å². The lowest BCUT2D eigenvalue weighted by Crippen LogP contribution is -2.08. The van der Waals surface area contributed by atoms with Crippen LogP contribution in [0.15, 0.2) is 36.8 Å². The van der Waals surface area contributed by atoms with E-state index < -0.39 is 11.9 Å². The van der Waals surface area contributed by atoms with E-state index in [0.29, 0.717) is 11.3 Å². The molecule has 1 atom stereocenters. The van der Waals surface area contributed by atoms with Crippen molar-refractivity contribution in [1.82, 2.24) is 9.97 Å². The van der Waals surface area contributed by atoms with Crippen molar-refractivity contribution in [2.45, 2.75) is 12.5 Å². The van der Waals surface area contributed by atoms with Crippen LogP contribution in [0.2, 0.25) is 0 Å². The molecule has 88 valence electrons. The summed E-state index contributed by atoms with van der Waals surface area (Å²) in [5.41, 5.74) is 6.94. The quantitative estimate of drug-likeness (QED) is 0.842. The molecule has 0 aliphatic heterocycles. The van der Waals surface area contributed by atoms with Gasteiger partial charge in [0, 0.05) is 30.7 Å². The molecular weight excluding hydrogens is 221 g/mol. The van der Waals surface area contributed by atoms with Gasteiger partial charge in [-0.2, -0.15) is 0 Å². The predicted molar refractivity (Wildman–Crippen MR) is 61.5 cm³/mol. The number of nitrogens with two attached hydrogens (primary N) is 1. The Morgan fingerprint density at radius 1 is 1.35 bits per heavy atom. The maximum absolute atomic E-state index is 13.4. The predicted octanol–water partition coefficient (Wildman–Crippen LogP) is 1.47. The minimum atomic E-state index is -1.03. The smallest absolute Gasteiger partial charge is 0.147 e. The second kappa shape index (κ2) is 4.88. The average molecular weight is 233 g/mol. The number of anilines is 1. The molecule has 0 saturated heterocycles. The van der Waals surface area contributed by atoms with Crippen LogP contribution >= 0.6 is 0 Å². The van der Waals surface area contributed by atoms with Crippen molar-refractivity contribution in [2.24, 2.45) is 0 Å². The molecule has 0 spiro atoms. The van der Waals surface area contributed by atoms with Gasteiger partial charge in [0.2, 0.25) is 0 Å². The Kier molecular flexibility index (Phi) is 3.30. The fraction of sp³-hybridized carbons (Fsp3) is 0.167. The molecule has 2 aromatic heterocycles. The minimum Gasteiger partial charge on any atom is -0.398 e. The molecule has 0 aliphatic carbocycles. The van der Waals surface area contributed by atoms with Crippen molar-refractivity contribution < 1.29 is 9.50 Å². The lowest BCUT2D eigenvalue weighted by atomic mass is 10.1. The van der Waals surface area contributed by atoms with Crippen LogP contribution in [-0.4, -0.2) is 15.1 Å². The molecule has 2 rings (SSSR count). The summed E-state index contributed by atoms with van der Waals surface area (Å²) in [7, 11) is 0. The molecule has 0 aromatic carbocycles. The largest absolute Gasteiger partial charge is 0.398 e. The third-order valence-corrected chi connectivity index (χ3v) is 2.46. The van der Waals surface area contributed by atoms with Crippen LogP contribution < -0.4 is 5.73 Å². The minimum absolute atomic E-state index is 0.0238. The van der Waals surface area contributed by atoms with E-state index in [2.05, 4.69) is 9.97 Å². The molecule has 2 heterocycles. The molecule has 0 aliphatic rings. The van der Waals surface area contributed by atoms with Crippen LogP contribution in [0, 0.1) is 5.82 Å². The lowest BCUT2D eigenvalue weighted by molar-refractivity contribution is 0.168. The van der Waals surface area contributed by atoms with Crippen LogP contribution in [0.5, 0.6) is 0 Å². The molecule has 3 N–H and O–H groups in total. The molecule has 0 amide bonds. The maximum atomic E-state index is 13.4. The van der Waals surface area contributed by atoms with E-state index >= 15 is 0 Å². The average Bonchev–Trinajstić information content (AvgIpc) is 2.32. The van der Waals surface area contributed by atoms with Gasteiger partial charge in [0.05, 0.1) is 0 Å². The summed E-state index contributed by atoms with van der Waals surface area (Å²) in [6.45, 7) is 0. The summed E-state index contributed by atoms with van der Waals surface area (Å²) < 4.78 is 13.4. The molecular formula is C12H12FN3O. The Morgan fingerprint density at radius 2 is 2.18 bits per heavy atom. The highest BCUT2D eigenvalue weighted by molar-refractivity contribution is 5.44. The lowest BCUT2D eigenvalue weighted by Gasteiger charge is -2.11. The van der Waals surface area contributed by atoms with Crippen molar-refractivity contribution in [1.29, 1.82) is 0 Å². The Bertz CT molecular complexity index is 519. The van der Waals surface area contributed by atoms with E-state index in [1.165, 1.54) is 18.3 Å². The van der Waals surface area contributed by atoms with Crippen molar-refractivity contribution in [3.63, 3.8) is 0 Å². The number of aliphatic hydroxyl groups is 1. The van der Waals surface area contributed by atoms with Crippen LogP contribution in [0.1, 0.15) is 17.4 Å². The molecule has 5 heteroatoms. The number of halogens is 1. The zero-order chi connectivity index (χ0) is 12.3. The van der Waals surface area contributed by atoms with Crippen LogP contribution in [-0.2, 0) is 6.42 Å². The molecule has 0 fully saturated rings. The van der Waals surface area contributed by atoms with Gasteiger partial charge in [-0.3, -0.25) is 9.97 Å². The summed E-state index contributed by atoms with van der Waals surface area (Å²) in [5.74, 6) is -0.525. The van der Waals surface area contributed by atoms with Crippen LogP contribution in [0.4, 0.5) is 10.1 Å². The molecule has 4 nitrogen and oxygen atoms in total. The summed E-state index contributed by atoms with van der Waals surface area (Å²) in [6, 6.07) is 4.37. The number of pyridine rings is 2. The molecule has 2 aromatic rings. The number of hydrogen-bond acceptors (Lipinski definition) is 4. The Hall–Kier alpha value is -2.01. The van der Waals surface area contributed by atoms with Gasteiger partial charge in [-0.1, -0.05) is 0 Å². The first-order valence-electron chi connectivity index (χ1n) is 5.15. The summed E-state index contributed by atoms with van der Waals surface area (Å²) >= 11 is 0. The van der Waals surface area contributed by atoms with Crippen molar-refractivity contribution in [3.8, 4) is 0 Å². The first kappa shape index (κ1) is 11.5. The Morgan fingerprint density at radius 3 is 2.88 bits per heavy atom. The molecule has 0 saturated carbocycles. The SMILES string of the molecule is Nc1ccncc1CC(O)c1ncccc1F. The highest BCUT2D eigenvalue weighted by Crippen LogP contribution is 2.21. The number of nitrogen functional groups attached to an aromatic ring is 1. The third-order valence-electron chi connectivity index (χ3n) is 2.46. The summed E-state index contributed by atoms with van der Waals surface area (Å²) in [6.07, 6.45) is 3.72. The second-order valence-electron chi connectivity index (χ2n) is 3.66. The number of aromatic nitrogens is 2. The summed E-state index contributed by atoms with van der Waals surface area (Å²) in [4.78, 5) is 7.73. The van der Waals surface area contributed by atoms with Gasteiger partial charge >= 0.3 is 0 Å². The zero-order valence-electron chi connectivity index (χ0n) is 9.05. The summed E-state index contributed by atoms with van der Waals surface area (Å²) in [5, 5.41) is 9.89. The van der Waals surface area contributed by atoms with E-state index in [9.17, 15) is 9.50 Å². The van der Waals surface area contributed by atoms with Crippen LogP contribution in [0.3, 0.4) is 0 Å². The van der Waals surface area contributed by atoms with Gasteiger partial charge in [0.25, 0.3) is 0 Å². The van der Waals surface area contributed by atoms with Gasteiger partial charge in [-0.25, -0.2) is 4.39 Å². The van der Waals surface area contributed by atoms with Crippen molar-refractivity contribution >= 4 is 5.69 Å². The Labute approximate surface area is 98.0 Å². The first-order valence-corrected chi connectivity index (χ1v) is 5.15. The highest BCUT2D eigenvalue weighted by Gasteiger charge is 2.15. The van der Waals surface area contributed by atoms with E-state index in [1.54, 1.807) is 18.5 Å². The fourth-order valence-corrected chi connectivity index (χ4v) is 1.56. The Balaban J connectivity index is 2.20. The van der Waals surface area contributed by atoms with Crippen molar-refractivity contribution in [3.05, 3.63) is 53.9 Å². The standard InChI is InChI=1S/C12H12FN3O/c13-9-2-1-4-16-12(9)11(17)6-8-7-15-5-3-10(8)14/h1-5,7,11,17H,6H2,(H2,14,15). The van der Waals surface area contributed by atoms with Gasteiger partial charge in [0.1, 0.15) is 17.6 Å². The first-order chi connectivity index (χ1) is 8.18. The fourth-order valence-electron chi connectivity index (χ4n) is 1.56. The van der Waals surface area contributed by atoms with E-state index in [0.717, 1.165) is 0 Å². The number of rotatable bonds is 3. The van der Waals surface area contributed by atoms with E-state index in [-0.39, 0.29) is 12.1 Å². The second-order valence-corrected chi connectivity index (χ2v) is 3.66. The number of nitrogens with zero attached hydrogens (tertiary/aromatic N) is 2. The normalized spacial score (nSPS) is 12.4. The zero-order valence-corrected chi connectivity index (χ0v) is 9.05. The molecule has 0 radical (unpaired) electrons. The number of hydrogen-bond donors (Lipinski definition) is 2. The van der Waals surface area contributed by atoms with Gasteiger partial charge in [-0.05, 0) is 23.8 Å². The maximum Gasteiger partial charge on any atom is 0.147 e. The molecule has 1 unspecified atom stereocenters. The van der Waals surface area contributed by atoms with Gasteiger partial charge in [-0.15, -0.1) is 0 Å². The molecule has 17 heavy (non-hydrogen) atoms. The topological polar surface area (TPSA) is 72.0 Å². The van der Waals surface area contributed by atoms with Crippen molar-refractivity contribution in [2.75, 3.05) is 5.73 Å². The highest BCUT2D eigenvalue weighted by atomic mass is 19.1. The van der Waals surface area contributed by atoms with Crippen LogP contribution in [0.25, 0.3) is 0 Å². The molecule has 0 bridgehead atoms. The van der Waals surface area contributed by atoms with Gasteiger partial charge < -0.3 is 10.8 Å². The third kappa shape index (κ3) is 2.57. The number of aliphatic hydroxyl groups excluding tert-OH is 1. The monoisotopic (exact) mass is 233 g/mol. The van der Waals surface area contributed by atoms with Gasteiger partial charge in [0.15, 0.2) is 0 Å².